The Balaban J connectivity index is 1.44. The second-order valence-electron chi connectivity index (χ2n) is 7.02. The molecule has 2 aromatic rings. The van der Waals surface area contributed by atoms with Crippen LogP contribution >= 0.6 is 0 Å². The van der Waals surface area contributed by atoms with Crippen LogP contribution in [-0.2, 0) is 27.2 Å². The fourth-order valence-corrected chi connectivity index (χ4v) is 2.92. The van der Waals surface area contributed by atoms with Crippen LogP contribution in [0.2, 0.25) is 0 Å². The van der Waals surface area contributed by atoms with Crippen molar-refractivity contribution in [1.29, 1.82) is 0 Å². The van der Waals surface area contributed by atoms with E-state index in [1.807, 2.05) is 67.5 Å². The van der Waals surface area contributed by atoms with Crippen LogP contribution in [0.25, 0.3) is 0 Å². The van der Waals surface area contributed by atoms with Gasteiger partial charge in [0.2, 0.25) is 0 Å². The van der Waals surface area contributed by atoms with Crippen molar-refractivity contribution < 1.29 is 14.3 Å². The van der Waals surface area contributed by atoms with Crippen LogP contribution < -0.4 is 10.6 Å². The maximum Gasteiger partial charge on any atom is 0.253 e. The Labute approximate surface area is 165 Å². The van der Waals surface area contributed by atoms with Gasteiger partial charge in [-0.15, -0.1) is 0 Å². The minimum Gasteiger partial charge on any atom is -0.353 e. The fraction of sp³-hybridized carbons (Fsp3) is 0.381. The first-order valence-electron chi connectivity index (χ1n) is 9.38. The van der Waals surface area contributed by atoms with E-state index in [-0.39, 0.29) is 18.0 Å². The molecule has 1 aliphatic rings. The number of pyridine rings is 1. The lowest BCUT2D eigenvalue weighted by Crippen LogP contribution is -2.48. The van der Waals surface area contributed by atoms with Gasteiger partial charge in [0, 0.05) is 31.3 Å². The third-order valence-corrected chi connectivity index (χ3v) is 4.62. The number of amides is 2. The Bertz CT molecular complexity index is 783. The summed E-state index contributed by atoms with van der Waals surface area (Å²) in [5.74, 6) is -0.528. The predicted octanol–water partition coefficient (Wildman–Crippen LogP) is 0.754. The molecule has 1 aromatic heterocycles. The number of ether oxygens (including phenoxy) is 1. The van der Waals surface area contributed by atoms with E-state index in [0.717, 1.165) is 11.3 Å². The van der Waals surface area contributed by atoms with Crippen LogP contribution in [0.5, 0.6) is 0 Å². The van der Waals surface area contributed by atoms with Gasteiger partial charge in [-0.25, -0.2) is 0 Å². The molecule has 3 rings (SSSR count). The van der Waals surface area contributed by atoms with Crippen LogP contribution in [0, 0.1) is 0 Å². The molecule has 0 unspecified atom stereocenters. The molecule has 2 N–H and O–H groups in total. The first-order valence-corrected chi connectivity index (χ1v) is 9.38. The van der Waals surface area contributed by atoms with Crippen LogP contribution in [0.4, 0.5) is 0 Å². The highest BCUT2D eigenvalue weighted by Crippen LogP contribution is 2.22. The summed E-state index contributed by atoms with van der Waals surface area (Å²) >= 11 is 0. The molecule has 0 radical (unpaired) electrons. The van der Waals surface area contributed by atoms with Crippen LogP contribution in [-0.4, -0.2) is 60.7 Å². The number of aromatic nitrogens is 1. The van der Waals surface area contributed by atoms with E-state index in [4.69, 9.17) is 4.74 Å². The summed E-state index contributed by atoms with van der Waals surface area (Å²) in [5.41, 5.74) is 2.03. The Morgan fingerprint density at radius 2 is 1.79 bits per heavy atom. The van der Waals surface area contributed by atoms with Crippen molar-refractivity contribution in [2.24, 2.45) is 0 Å². The van der Waals surface area contributed by atoms with Gasteiger partial charge < -0.3 is 15.4 Å². The van der Waals surface area contributed by atoms with Crippen molar-refractivity contribution in [3.63, 3.8) is 0 Å². The lowest BCUT2D eigenvalue weighted by molar-refractivity contribution is -0.125. The van der Waals surface area contributed by atoms with Crippen molar-refractivity contribution >= 4 is 11.8 Å². The molecular formula is C21H26N4O3. The molecule has 7 heteroatoms. The number of benzene rings is 1. The standard InChI is InChI=1S/C21H26N4O3/c1-25(2)17(14-15-8-4-3-5-9-15)24-21(27)19-18(28-19)20(26)23-13-11-16-10-6-7-12-22-16/h3-10,12,17-19H,11,13-14H2,1-2H3,(H,23,26)(H,24,27)/t17-,18+,19+/m1/s1. The minimum atomic E-state index is -0.729. The summed E-state index contributed by atoms with van der Waals surface area (Å²) in [6, 6.07) is 15.6. The van der Waals surface area contributed by atoms with Crippen molar-refractivity contribution in [3.8, 4) is 0 Å². The van der Waals surface area contributed by atoms with Gasteiger partial charge >= 0.3 is 0 Å². The average Bonchev–Trinajstić information content (AvgIpc) is 3.50. The monoisotopic (exact) mass is 382 g/mol. The number of likely N-dealkylation sites (N-methyl/N-ethyl adjacent to an activating group) is 1. The summed E-state index contributed by atoms with van der Waals surface area (Å²) in [7, 11) is 3.81. The number of carbonyl (C=O) groups excluding carboxylic acids is 2. The third kappa shape index (κ3) is 5.61. The first-order chi connectivity index (χ1) is 13.5. The first kappa shape index (κ1) is 20.0. The molecule has 7 nitrogen and oxygen atoms in total. The Hall–Kier alpha value is -2.77. The van der Waals surface area contributed by atoms with E-state index >= 15 is 0 Å². The van der Waals surface area contributed by atoms with Crippen molar-refractivity contribution in [1.82, 2.24) is 20.5 Å². The molecule has 1 aromatic carbocycles. The molecule has 0 aliphatic carbocycles. The number of carbonyl (C=O) groups is 2. The summed E-state index contributed by atoms with van der Waals surface area (Å²) in [6.07, 6.45) is 1.41. The van der Waals surface area contributed by atoms with Crippen LogP contribution in [0.15, 0.2) is 54.7 Å². The summed E-state index contributed by atoms with van der Waals surface area (Å²) < 4.78 is 5.32. The Morgan fingerprint density at radius 3 is 2.46 bits per heavy atom. The molecule has 2 heterocycles. The highest BCUT2D eigenvalue weighted by molar-refractivity contribution is 5.95. The maximum absolute atomic E-state index is 12.5. The number of rotatable bonds is 9. The Kier molecular flexibility index (Phi) is 6.73. The number of nitrogens with zero attached hydrogens (tertiary/aromatic N) is 2. The normalized spacial score (nSPS) is 19.1. The third-order valence-electron chi connectivity index (χ3n) is 4.62. The van der Waals surface area contributed by atoms with E-state index in [1.165, 1.54) is 0 Å². The summed E-state index contributed by atoms with van der Waals surface area (Å²) in [5, 5.41) is 5.77. The topological polar surface area (TPSA) is 86.9 Å². The molecular weight excluding hydrogens is 356 g/mol. The van der Waals surface area contributed by atoms with E-state index in [2.05, 4.69) is 15.6 Å². The highest BCUT2D eigenvalue weighted by Gasteiger charge is 2.50. The quantitative estimate of drug-likeness (QED) is 0.494. The van der Waals surface area contributed by atoms with Crippen LogP contribution in [0.1, 0.15) is 11.3 Å². The zero-order chi connectivity index (χ0) is 19.9. The second kappa shape index (κ2) is 9.43. The predicted molar refractivity (Wildman–Crippen MR) is 105 cm³/mol. The van der Waals surface area contributed by atoms with Gasteiger partial charge in [-0.3, -0.25) is 19.5 Å². The maximum atomic E-state index is 12.5. The van der Waals surface area contributed by atoms with E-state index in [0.29, 0.717) is 19.4 Å². The van der Waals surface area contributed by atoms with E-state index < -0.39 is 12.2 Å². The van der Waals surface area contributed by atoms with Gasteiger partial charge in [0.1, 0.15) is 0 Å². The molecule has 3 atom stereocenters. The largest absolute Gasteiger partial charge is 0.353 e. The van der Waals surface area contributed by atoms with Gasteiger partial charge in [-0.1, -0.05) is 36.4 Å². The number of hydrogen-bond acceptors (Lipinski definition) is 5. The molecule has 148 valence electrons. The van der Waals surface area contributed by atoms with Gasteiger partial charge in [0.25, 0.3) is 11.8 Å². The summed E-state index contributed by atoms with van der Waals surface area (Å²) in [4.78, 5) is 30.8. The van der Waals surface area contributed by atoms with E-state index in [9.17, 15) is 9.59 Å². The van der Waals surface area contributed by atoms with Gasteiger partial charge in [0.15, 0.2) is 12.2 Å². The lowest BCUT2D eigenvalue weighted by atomic mass is 10.1. The summed E-state index contributed by atoms with van der Waals surface area (Å²) in [6.45, 7) is 0.457. The SMILES string of the molecule is CN(C)[C@H](Cc1ccccc1)NC(=O)[C@H]1O[C@@H]1C(=O)NCCc1ccccn1. The lowest BCUT2D eigenvalue weighted by Gasteiger charge is -2.25. The highest BCUT2D eigenvalue weighted by atomic mass is 16.6. The van der Waals surface area contributed by atoms with Crippen LogP contribution in [0.3, 0.4) is 0 Å². The van der Waals surface area contributed by atoms with Crippen molar-refractivity contribution in [2.45, 2.75) is 31.2 Å². The second-order valence-corrected chi connectivity index (χ2v) is 7.02. The number of nitrogens with one attached hydrogen (secondary N) is 2. The molecule has 28 heavy (non-hydrogen) atoms. The minimum absolute atomic E-state index is 0.174. The molecule has 1 fully saturated rings. The molecule has 0 saturated carbocycles. The van der Waals surface area contributed by atoms with Crippen molar-refractivity contribution in [2.75, 3.05) is 20.6 Å². The fourth-order valence-electron chi connectivity index (χ4n) is 2.92. The van der Waals surface area contributed by atoms with Gasteiger partial charge in [0.05, 0.1) is 6.17 Å². The zero-order valence-electron chi connectivity index (χ0n) is 16.2. The van der Waals surface area contributed by atoms with Gasteiger partial charge in [-0.05, 0) is 31.8 Å². The molecule has 0 spiro atoms. The smallest absolute Gasteiger partial charge is 0.253 e. The van der Waals surface area contributed by atoms with Gasteiger partial charge in [-0.2, -0.15) is 0 Å². The molecule has 1 aliphatic heterocycles. The van der Waals surface area contributed by atoms with Crippen molar-refractivity contribution in [3.05, 3.63) is 66.0 Å². The number of hydrogen-bond donors (Lipinski definition) is 2. The molecule has 1 saturated heterocycles. The number of epoxide rings is 1. The zero-order valence-corrected chi connectivity index (χ0v) is 16.2. The average molecular weight is 382 g/mol. The molecule has 0 bridgehead atoms. The Morgan fingerprint density at radius 1 is 1.07 bits per heavy atom. The molecule has 2 amide bonds. The van der Waals surface area contributed by atoms with E-state index in [1.54, 1.807) is 6.20 Å².